The van der Waals surface area contributed by atoms with E-state index in [1.165, 1.54) is 11.1 Å². The summed E-state index contributed by atoms with van der Waals surface area (Å²) in [7, 11) is 0. The largest absolute Gasteiger partial charge is 0.342 e. The minimum absolute atomic E-state index is 0.332. The summed E-state index contributed by atoms with van der Waals surface area (Å²) in [5.74, 6) is 1.07. The Bertz CT molecular complexity index is 719. The van der Waals surface area contributed by atoms with Crippen LogP contribution in [0, 0.1) is 0 Å². The van der Waals surface area contributed by atoms with Gasteiger partial charge in [0.25, 0.3) is 0 Å². The molecule has 1 aliphatic heterocycles. The maximum atomic E-state index is 6.06. The van der Waals surface area contributed by atoms with Crippen LogP contribution in [-0.4, -0.2) is 28.7 Å². The van der Waals surface area contributed by atoms with Crippen molar-refractivity contribution >= 4 is 17.0 Å². The summed E-state index contributed by atoms with van der Waals surface area (Å²) >= 11 is 0. The molecule has 0 amide bonds. The van der Waals surface area contributed by atoms with Crippen LogP contribution in [0.25, 0.3) is 11.0 Å². The first kappa shape index (κ1) is 23.0. The van der Waals surface area contributed by atoms with Crippen LogP contribution >= 0.6 is 0 Å². The number of allylic oxidation sites excluding steroid dienone is 4. The highest BCUT2D eigenvalue weighted by Gasteiger charge is 2.22. The Morgan fingerprint density at radius 1 is 1.11 bits per heavy atom. The second-order valence-electron chi connectivity index (χ2n) is 6.17. The molecule has 1 aromatic carbocycles. The lowest BCUT2D eigenvalue weighted by Crippen LogP contribution is -2.40. The van der Waals surface area contributed by atoms with Crippen molar-refractivity contribution in [2.45, 2.75) is 67.0 Å². The number of benzene rings is 1. The van der Waals surface area contributed by atoms with Crippen LogP contribution < -0.4 is 10.6 Å². The third-order valence-electron chi connectivity index (χ3n) is 4.55. The molecule has 1 fully saturated rings. The average molecular weight is 371 g/mol. The summed E-state index contributed by atoms with van der Waals surface area (Å²) in [6.07, 6.45) is 8.51. The fourth-order valence-corrected chi connectivity index (χ4v) is 3.20. The molecule has 4 nitrogen and oxygen atoms in total. The number of fused-ring (bicyclic) bond motifs is 1. The summed E-state index contributed by atoms with van der Waals surface area (Å²) in [5, 5.41) is 0. The van der Waals surface area contributed by atoms with Crippen molar-refractivity contribution in [3.05, 3.63) is 48.1 Å². The Hall–Kier alpha value is -2.07. The van der Waals surface area contributed by atoms with Crippen molar-refractivity contribution in [3.63, 3.8) is 0 Å². The van der Waals surface area contributed by atoms with Gasteiger partial charge in [0, 0.05) is 19.1 Å². The van der Waals surface area contributed by atoms with E-state index in [0.29, 0.717) is 6.04 Å². The van der Waals surface area contributed by atoms with E-state index in [4.69, 9.17) is 10.7 Å². The van der Waals surface area contributed by atoms with E-state index in [1.54, 1.807) is 0 Å². The molecule has 0 spiro atoms. The summed E-state index contributed by atoms with van der Waals surface area (Å²) in [4.78, 5) is 7.29. The SMILES string of the molecule is C/C=C\C(=C/C)Cn1c(N2CCC(N)CC2)nc2ccccc21.CC.CC. The predicted octanol–water partition coefficient (Wildman–Crippen LogP) is 5.54. The molecule has 27 heavy (non-hydrogen) atoms. The van der Waals surface area contributed by atoms with Gasteiger partial charge < -0.3 is 15.2 Å². The molecule has 0 radical (unpaired) electrons. The highest BCUT2D eigenvalue weighted by Crippen LogP contribution is 2.26. The zero-order chi connectivity index (χ0) is 20.2. The molecule has 0 bridgehead atoms. The zero-order valence-corrected chi connectivity index (χ0v) is 18.1. The quantitative estimate of drug-likeness (QED) is 0.719. The number of para-hydroxylation sites is 2. The molecule has 2 heterocycles. The van der Waals surface area contributed by atoms with Crippen LogP contribution in [0.5, 0.6) is 0 Å². The van der Waals surface area contributed by atoms with E-state index < -0.39 is 0 Å². The van der Waals surface area contributed by atoms with Gasteiger partial charge in [0.15, 0.2) is 0 Å². The van der Waals surface area contributed by atoms with Crippen LogP contribution in [0.2, 0.25) is 0 Å². The van der Waals surface area contributed by atoms with E-state index in [-0.39, 0.29) is 0 Å². The van der Waals surface area contributed by atoms with Crippen molar-refractivity contribution in [3.8, 4) is 0 Å². The number of nitrogens with zero attached hydrogens (tertiary/aromatic N) is 3. The summed E-state index contributed by atoms with van der Waals surface area (Å²) in [6.45, 7) is 15.0. The molecule has 0 atom stereocenters. The van der Waals surface area contributed by atoms with Crippen LogP contribution in [0.3, 0.4) is 0 Å². The third-order valence-corrected chi connectivity index (χ3v) is 4.55. The number of imidazole rings is 1. The fraction of sp³-hybridized carbons (Fsp3) is 0.522. The van der Waals surface area contributed by atoms with Gasteiger partial charge in [-0.05, 0) is 44.4 Å². The van der Waals surface area contributed by atoms with Gasteiger partial charge in [0.1, 0.15) is 0 Å². The number of hydrogen-bond donors (Lipinski definition) is 1. The fourth-order valence-electron chi connectivity index (χ4n) is 3.20. The Morgan fingerprint density at radius 2 is 1.74 bits per heavy atom. The summed E-state index contributed by atoms with van der Waals surface area (Å²) in [5.41, 5.74) is 9.61. The average Bonchev–Trinajstić information content (AvgIpc) is 3.09. The molecule has 3 rings (SSSR count). The molecule has 0 aliphatic carbocycles. The molecule has 150 valence electrons. The third kappa shape index (κ3) is 5.96. The van der Waals surface area contributed by atoms with Crippen LogP contribution in [0.1, 0.15) is 54.4 Å². The van der Waals surface area contributed by atoms with E-state index in [0.717, 1.165) is 43.9 Å². The highest BCUT2D eigenvalue weighted by atomic mass is 15.3. The molecule has 0 saturated carbocycles. The topological polar surface area (TPSA) is 47.1 Å². The number of nitrogens with two attached hydrogens (primary N) is 1. The standard InChI is InChI=1S/C19H26N4.2C2H6/c1-3-7-15(4-2)14-23-18-9-6-5-8-17(18)21-19(23)22-12-10-16(20)11-13-22;2*1-2/h3-9,16H,10-14,20H2,1-2H3;2*1-2H3/b7-3-,15-4+;;. The first-order chi connectivity index (χ1) is 13.2. The van der Waals surface area contributed by atoms with Crippen LogP contribution in [0.4, 0.5) is 5.95 Å². The van der Waals surface area contributed by atoms with Gasteiger partial charge in [0.2, 0.25) is 5.95 Å². The smallest absolute Gasteiger partial charge is 0.206 e. The van der Waals surface area contributed by atoms with Crippen molar-refractivity contribution < 1.29 is 0 Å². The van der Waals surface area contributed by atoms with Gasteiger partial charge in [-0.3, -0.25) is 0 Å². The number of aromatic nitrogens is 2. The number of hydrogen-bond acceptors (Lipinski definition) is 3. The van der Waals surface area contributed by atoms with Gasteiger partial charge >= 0.3 is 0 Å². The van der Waals surface area contributed by atoms with Crippen molar-refractivity contribution in [2.24, 2.45) is 5.73 Å². The van der Waals surface area contributed by atoms with E-state index >= 15 is 0 Å². The normalized spacial score (nSPS) is 15.4. The summed E-state index contributed by atoms with van der Waals surface area (Å²) in [6, 6.07) is 8.72. The van der Waals surface area contributed by atoms with Gasteiger partial charge in [-0.1, -0.05) is 58.1 Å². The Kier molecular flexibility index (Phi) is 10.5. The maximum Gasteiger partial charge on any atom is 0.206 e. The van der Waals surface area contributed by atoms with Crippen LogP contribution in [-0.2, 0) is 6.54 Å². The number of piperidine rings is 1. The molecule has 2 aromatic rings. The lowest BCUT2D eigenvalue weighted by molar-refractivity contribution is 0.491. The molecule has 4 heteroatoms. The van der Waals surface area contributed by atoms with E-state index in [9.17, 15) is 0 Å². The predicted molar refractivity (Wildman–Crippen MR) is 120 cm³/mol. The monoisotopic (exact) mass is 370 g/mol. The lowest BCUT2D eigenvalue weighted by atomic mass is 10.1. The Labute approximate surface area is 165 Å². The molecule has 1 aliphatic rings. The van der Waals surface area contributed by atoms with Crippen molar-refractivity contribution in [2.75, 3.05) is 18.0 Å². The Morgan fingerprint density at radius 3 is 2.33 bits per heavy atom. The van der Waals surface area contributed by atoms with Gasteiger partial charge in [0.05, 0.1) is 17.6 Å². The second-order valence-corrected chi connectivity index (χ2v) is 6.17. The molecular weight excluding hydrogens is 332 g/mol. The van der Waals surface area contributed by atoms with Gasteiger partial charge in [-0.2, -0.15) is 0 Å². The minimum atomic E-state index is 0.332. The maximum absolute atomic E-state index is 6.06. The van der Waals surface area contributed by atoms with Gasteiger partial charge in [-0.25, -0.2) is 4.98 Å². The van der Waals surface area contributed by atoms with E-state index in [1.807, 2.05) is 27.7 Å². The highest BCUT2D eigenvalue weighted by molar-refractivity contribution is 5.79. The van der Waals surface area contributed by atoms with Crippen molar-refractivity contribution in [1.29, 1.82) is 0 Å². The zero-order valence-electron chi connectivity index (χ0n) is 18.1. The summed E-state index contributed by atoms with van der Waals surface area (Å²) < 4.78 is 2.33. The van der Waals surface area contributed by atoms with Crippen molar-refractivity contribution in [1.82, 2.24) is 9.55 Å². The van der Waals surface area contributed by atoms with Gasteiger partial charge in [-0.15, -0.1) is 0 Å². The molecule has 0 unspecified atom stereocenters. The Balaban J connectivity index is 0.000000855. The second kappa shape index (κ2) is 12.3. The molecular formula is C23H38N4. The van der Waals surface area contributed by atoms with E-state index in [2.05, 4.69) is 65.8 Å². The molecule has 1 saturated heterocycles. The minimum Gasteiger partial charge on any atom is -0.342 e. The first-order valence-electron chi connectivity index (χ1n) is 10.5. The lowest BCUT2D eigenvalue weighted by Gasteiger charge is -2.31. The molecule has 2 N–H and O–H groups in total. The number of anilines is 1. The number of rotatable bonds is 4. The van der Waals surface area contributed by atoms with Crippen LogP contribution in [0.15, 0.2) is 48.1 Å². The first-order valence-corrected chi connectivity index (χ1v) is 10.5. The molecule has 1 aromatic heterocycles.